The molecule has 0 amide bonds. The van der Waals surface area contributed by atoms with Gasteiger partial charge in [-0.05, 0) is 0 Å². The van der Waals surface area contributed by atoms with Crippen LogP contribution in [-0.2, 0) is 0 Å². The Balaban J connectivity index is 2.39. The lowest BCUT2D eigenvalue weighted by molar-refractivity contribution is 0.672. The zero-order valence-electron chi connectivity index (χ0n) is 5.19. The first-order valence-electron chi connectivity index (χ1n) is 2.83. The number of nitrogens with zero attached hydrogens (tertiary/aromatic N) is 3. The first kappa shape index (κ1) is 5.94. The Hall–Kier alpha value is -0.810. The summed E-state index contributed by atoms with van der Waals surface area (Å²) in [6, 6.07) is 0. The van der Waals surface area contributed by atoms with Gasteiger partial charge in [0.25, 0.3) is 0 Å². The van der Waals surface area contributed by atoms with Crippen molar-refractivity contribution in [3.05, 3.63) is 11.1 Å². The fourth-order valence-electron chi connectivity index (χ4n) is 0.837. The van der Waals surface area contributed by atoms with E-state index in [-0.39, 0.29) is 0 Å². The number of hydrazine groups is 1. The molecular weight excluding hydrogens is 148 g/mol. The third-order valence-electron chi connectivity index (χ3n) is 1.28. The van der Waals surface area contributed by atoms with Gasteiger partial charge in [-0.1, -0.05) is 11.8 Å². The average molecular weight is 154 g/mol. The number of amidine groups is 1. The fourth-order valence-corrected chi connectivity index (χ4v) is 1.60. The van der Waals surface area contributed by atoms with Crippen LogP contribution >= 0.6 is 11.8 Å². The van der Waals surface area contributed by atoms with Crippen molar-refractivity contribution in [3.63, 3.8) is 0 Å². The Labute approximate surface area is 62.5 Å². The molecule has 0 aromatic carbocycles. The van der Waals surface area contributed by atoms with Crippen molar-refractivity contribution >= 4 is 23.9 Å². The maximum absolute atomic E-state index is 5.52. The predicted molar refractivity (Wildman–Crippen MR) is 42.5 cm³/mol. The second kappa shape index (κ2) is 2.10. The minimum Gasteiger partial charge on any atom is -0.255 e. The standard InChI is InChI=1S/C5H6N4S/c6-9-2-7-1-4-5(9)8-3-10-4/h1-2H,3,6H2. The third kappa shape index (κ3) is 0.748. The minimum atomic E-state index is 0.762. The van der Waals surface area contributed by atoms with Crippen LogP contribution in [0.5, 0.6) is 0 Å². The van der Waals surface area contributed by atoms with Crippen LogP contribution in [0.2, 0.25) is 0 Å². The SMILES string of the molecule is NN1C=NC=C2SCN=C21. The van der Waals surface area contributed by atoms with E-state index >= 15 is 0 Å². The van der Waals surface area contributed by atoms with Gasteiger partial charge in [-0.25, -0.2) is 10.8 Å². The van der Waals surface area contributed by atoms with E-state index in [9.17, 15) is 0 Å². The van der Waals surface area contributed by atoms with Gasteiger partial charge in [0, 0.05) is 6.20 Å². The molecule has 0 atom stereocenters. The fraction of sp³-hybridized carbons (Fsp3) is 0.200. The van der Waals surface area contributed by atoms with Crippen molar-refractivity contribution in [1.29, 1.82) is 0 Å². The first-order chi connectivity index (χ1) is 4.88. The summed E-state index contributed by atoms with van der Waals surface area (Å²) in [5, 5.41) is 1.44. The van der Waals surface area contributed by atoms with Crippen LogP contribution in [0.15, 0.2) is 21.1 Å². The van der Waals surface area contributed by atoms with Gasteiger partial charge >= 0.3 is 0 Å². The number of rotatable bonds is 0. The molecular formula is C5H6N4S. The van der Waals surface area contributed by atoms with Crippen molar-refractivity contribution in [1.82, 2.24) is 5.01 Å². The van der Waals surface area contributed by atoms with E-state index in [4.69, 9.17) is 5.84 Å². The summed E-state index contributed by atoms with van der Waals surface area (Å²) in [6.45, 7) is 0. The average Bonchev–Trinajstić information content (AvgIpc) is 2.36. The van der Waals surface area contributed by atoms with Gasteiger partial charge in [-0.2, -0.15) is 0 Å². The zero-order valence-corrected chi connectivity index (χ0v) is 6.01. The lowest BCUT2D eigenvalue weighted by Gasteiger charge is -2.14. The smallest absolute Gasteiger partial charge is 0.159 e. The normalized spacial score (nSPS) is 22.3. The van der Waals surface area contributed by atoms with E-state index in [2.05, 4.69) is 9.98 Å². The largest absolute Gasteiger partial charge is 0.255 e. The number of thioether (sulfide) groups is 1. The van der Waals surface area contributed by atoms with Crippen molar-refractivity contribution in [2.45, 2.75) is 0 Å². The monoisotopic (exact) mass is 154 g/mol. The van der Waals surface area contributed by atoms with E-state index in [1.165, 1.54) is 5.01 Å². The van der Waals surface area contributed by atoms with Crippen LogP contribution in [0, 0.1) is 0 Å². The van der Waals surface area contributed by atoms with E-state index in [1.54, 1.807) is 24.3 Å². The van der Waals surface area contributed by atoms with Gasteiger partial charge in [0.2, 0.25) is 0 Å². The van der Waals surface area contributed by atoms with E-state index in [0.717, 1.165) is 16.6 Å². The minimum absolute atomic E-state index is 0.762. The van der Waals surface area contributed by atoms with E-state index in [1.807, 2.05) is 0 Å². The van der Waals surface area contributed by atoms with Crippen LogP contribution in [-0.4, -0.2) is 23.1 Å². The molecule has 4 nitrogen and oxygen atoms in total. The number of nitrogens with two attached hydrogens (primary N) is 1. The Morgan fingerprint density at radius 1 is 1.70 bits per heavy atom. The summed E-state index contributed by atoms with van der Waals surface area (Å²) in [7, 11) is 0. The van der Waals surface area contributed by atoms with Gasteiger partial charge in [0.1, 0.15) is 6.34 Å². The molecule has 0 aromatic heterocycles. The molecule has 2 aliphatic rings. The maximum atomic E-state index is 5.52. The Morgan fingerprint density at radius 3 is 3.40 bits per heavy atom. The molecule has 2 N–H and O–H groups in total. The van der Waals surface area contributed by atoms with Gasteiger partial charge < -0.3 is 0 Å². The second-order valence-electron chi connectivity index (χ2n) is 1.92. The Bertz CT molecular complexity index is 242. The molecule has 0 aliphatic carbocycles. The second-order valence-corrected chi connectivity index (χ2v) is 2.91. The Morgan fingerprint density at radius 2 is 2.60 bits per heavy atom. The van der Waals surface area contributed by atoms with Crippen LogP contribution in [0.4, 0.5) is 0 Å². The van der Waals surface area contributed by atoms with Crippen LogP contribution in [0.1, 0.15) is 0 Å². The molecule has 0 bridgehead atoms. The number of hydrogen-bond acceptors (Lipinski definition) is 5. The molecule has 0 fully saturated rings. The van der Waals surface area contributed by atoms with Crippen molar-refractivity contribution < 1.29 is 0 Å². The predicted octanol–water partition coefficient (Wildman–Crippen LogP) is 0.148. The highest BCUT2D eigenvalue weighted by atomic mass is 32.2. The van der Waals surface area contributed by atoms with E-state index in [0.29, 0.717) is 0 Å². The summed E-state index contributed by atoms with van der Waals surface area (Å²) >= 11 is 1.65. The molecule has 0 unspecified atom stereocenters. The molecule has 2 aliphatic heterocycles. The zero-order chi connectivity index (χ0) is 6.97. The molecule has 10 heavy (non-hydrogen) atoms. The molecule has 0 aromatic rings. The lowest BCUT2D eigenvalue weighted by Crippen LogP contribution is -2.37. The highest BCUT2D eigenvalue weighted by Gasteiger charge is 2.19. The van der Waals surface area contributed by atoms with Crippen LogP contribution in [0.25, 0.3) is 0 Å². The summed E-state index contributed by atoms with van der Waals surface area (Å²) in [5.41, 5.74) is 0. The highest BCUT2D eigenvalue weighted by Crippen LogP contribution is 2.26. The molecule has 0 spiro atoms. The topological polar surface area (TPSA) is 54.0 Å². The van der Waals surface area contributed by atoms with Crippen molar-refractivity contribution in [2.75, 3.05) is 5.88 Å². The van der Waals surface area contributed by atoms with Gasteiger partial charge in [0.15, 0.2) is 5.84 Å². The number of hydrogen-bond donors (Lipinski definition) is 1. The maximum Gasteiger partial charge on any atom is 0.159 e. The molecule has 0 saturated carbocycles. The molecule has 52 valence electrons. The van der Waals surface area contributed by atoms with Gasteiger partial charge in [-0.15, -0.1) is 0 Å². The van der Waals surface area contributed by atoms with Crippen molar-refractivity contribution in [3.8, 4) is 0 Å². The number of fused-ring (bicyclic) bond motifs is 1. The summed E-state index contributed by atoms with van der Waals surface area (Å²) in [4.78, 5) is 9.13. The quantitative estimate of drug-likeness (QED) is 0.505. The van der Waals surface area contributed by atoms with Gasteiger partial charge in [-0.3, -0.25) is 10.0 Å². The molecule has 0 saturated heterocycles. The molecule has 2 heterocycles. The molecule has 0 radical (unpaired) electrons. The van der Waals surface area contributed by atoms with Crippen LogP contribution < -0.4 is 5.84 Å². The first-order valence-corrected chi connectivity index (χ1v) is 3.81. The lowest BCUT2D eigenvalue weighted by atomic mass is 10.5. The highest BCUT2D eigenvalue weighted by molar-refractivity contribution is 8.04. The van der Waals surface area contributed by atoms with Crippen LogP contribution in [0.3, 0.4) is 0 Å². The summed E-state index contributed by atoms with van der Waals surface area (Å²) in [6.07, 6.45) is 3.33. The van der Waals surface area contributed by atoms with Crippen molar-refractivity contribution in [2.24, 2.45) is 15.8 Å². The molecule has 5 heteroatoms. The third-order valence-corrected chi connectivity index (χ3v) is 2.14. The van der Waals surface area contributed by atoms with Gasteiger partial charge in [0.05, 0.1) is 10.8 Å². The van der Waals surface area contributed by atoms with E-state index < -0.39 is 0 Å². The number of aliphatic imine (C=N–C) groups is 2. The summed E-state index contributed by atoms with van der Waals surface area (Å²) < 4.78 is 0. The molecule has 2 rings (SSSR count). The summed E-state index contributed by atoms with van der Waals surface area (Å²) in [5.74, 6) is 7.11. The Kier molecular flexibility index (Phi) is 1.25.